The number of likely N-dealkylation sites (tertiary alicyclic amines) is 1. The van der Waals surface area contributed by atoms with Gasteiger partial charge in [0.15, 0.2) is 6.61 Å². The van der Waals surface area contributed by atoms with Gasteiger partial charge in [-0.05, 0) is 43.9 Å². The van der Waals surface area contributed by atoms with Gasteiger partial charge in [0.25, 0.3) is 5.91 Å². The molecule has 0 atom stereocenters. The number of carbonyl (C=O) groups is 2. The minimum Gasteiger partial charge on any atom is -0.483 e. The van der Waals surface area contributed by atoms with Gasteiger partial charge < -0.3 is 19.4 Å². The first-order valence-electron chi connectivity index (χ1n) is 10.2. The highest BCUT2D eigenvalue weighted by Crippen LogP contribution is 2.28. The maximum Gasteiger partial charge on any atom is 0.336 e. The van der Waals surface area contributed by atoms with Crippen molar-refractivity contribution in [2.75, 3.05) is 26.2 Å². The molecule has 0 bridgehead atoms. The third-order valence-electron chi connectivity index (χ3n) is 5.17. The summed E-state index contributed by atoms with van der Waals surface area (Å²) >= 11 is 0. The molecule has 1 aromatic heterocycles. The molecule has 156 valence electrons. The number of fused-ring (bicyclic) bond motifs is 1. The number of ether oxygens (including phenoxy) is 1. The monoisotopic (exact) mass is 400 g/mol. The number of hydrogen-bond acceptors (Lipinski definition) is 5. The highest BCUT2D eigenvalue weighted by atomic mass is 16.5. The first-order chi connectivity index (χ1) is 14.0. The first-order valence-corrected chi connectivity index (χ1v) is 10.2. The lowest BCUT2D eigenvalue weighted by molar-refractivity contribution is -0.127. The maximum atomic E-state index is 12.1. The molecule has 0 unspecified atom stereocenters. The molecule has 1 aliphatic heterocycles. The third-order valence-corrected chi connectivity index (χ3v) is 5.17. The number of benzene rings is 1. The molecule has 2 heterocycles. The Morgan fingerprint density at radius 3 is 2.86 bits per heavy atom. The number of amides is 2. The van der Waals surface area contributed by atoms with Gasteiger partial charge in [-0.25, -0.2) is 4.79 Å². The summed E-state index contributed by atoms with van der Waals surface area (Å²) < 4.78 is 11.1. The van der Waals surface area contributed by atoms with Gasteiger partial charge in [0, 0.05) is 43.1 Å². The second-order valence-electron chi connectivity index (χ2n) is 7.38. The lowest BCUT2D eigenvalue weighted by atomic mass is 10.0. The predicted molar refractivity (Wildman–Crippen MR) is 110 cm³/mol. The van der Waals surface area contributed by atoms with Crippen LogP contribution in [0.2, 0.25) is 0 Å². The molecule has 0 radical (unpaired) electrons. The van der Waals surface area contributed by atoms with Crippen molar-refractivity contribution in [2.45, 2.75) is 46.0 Å². The van der Waals surface area contributed by atoms with Crippen LogP contribution in [0.5, 0.6) is 5.75 Å². The molecule has 1 aliphatic rings. The number of nitrogens with zero attached hydrogens (tertiary/aromatic N) is 1. The average molecular weight is 400 g/mol. The smallest absolute Gasteiger partial charge is 0.336 e. The van der Waals surface area contributed by atoms with Gasteiger partial charge in [-0.15, -0.1) is 0 Å². The van der Waals surface area contributed by atoms with Crippen molar-refractivity contribution in [2.24, 2.45) is 0 Å². The molecule has 1 N–H and O–H groups in total. The summed E-state index contributed by atoms with van der Waals surface area (Å²) in [5, 5.41) is 3.71. The molecule has 2 amide bonds. The van der Waals surface area contributed by atoms with Crippen molar-refractivity contribution in [1.82, 2.24) is 10.2 Å². The SMILES string of the molecule is CCCc1cc(=O)oc2c(C)c(OCC(=O)NCCCN3CCCC3=O)ccc12. The van der Waals surface area contributed by atoms with Crippen LogP contribution in [0.15, 0.2) is 27.4 Å². The standard InChI is InChI=1S/C22H28N2O5/c1-3-6-16-13-21(27)29-22-15(2)18(9-8-17(16)22)28-14-19(25)23-10-5-12-24-11-4-7-20(24)26/h8-9,13H,3-7,10-12,14H2,1-2H3,(H,23,25). The highest BCUT2D eigenvalue weighted by Gasteiger charge is 2.19. The fraction of sp³-hybridized carbons (Fsp3) is 0.500. The number of nitrogens with one attached hydrogen (secondary N) is 1. The van der Waals surface area contributed by atoms with E-state index < -0.39 is 0 Å². The maximum absolute atomic E-state index is 12.1. The van der Waals surface area contributed by atoms with Crippen LogP contribution in [-0.4, -0.2) is 43.0 Å². The summed E-state index contributed by atoms with van der Waals surface area (Å²) in [5.74, 6) is 0.491. The van der Waals surface area contributed by atoms with Gasteiger partial charge in [0.1, 0.15) is 11.3 Å². The van der Waals surface area contributed by atoms with E-state index in [2.05, 4.69) is 12.2 Å². The van der Waals surface area contributed by atoms with Crippen LogP contribution in [0.3, 0.4) is 0 Å². The summed E-state index contributed by atoms with van der Waals surface area (Å²) in [6.07, 6.45) is 4.00. The summed E-state index contributed by atoms with van der Waals surface area (Å²) in [6.45, 7) is 5.75. The van der Waals surface area contributed by atoms with Crippen LogP contribution in [0, 0.1) is 6.92 Å². The van der Waals surface area contributed by atoms with Crippen LogP contribution >= 0.6 is 0 Å². The third kappa shape index (κ3) is 5.16. The Morgan fingerprint density at radius 2 is 2.14 bits per heavy atom. The Morgan fingerprint density at radius 1 is 1.31 bits per heavy atom. The van der Waals surface area contributed by atoms with Crippen LogP contribution in [0.1, 0.15) is 43.7 Å². The fourth-order valence-electron chi connectivity index (χ4n) is 3.67. The molecular weight excluding hydrogens is 372 g/mol. The molecular formula is C22H28N2O5. The fourth-order valence-corrected chi connectivity index (χ4v) is 3.67. The molecule has 0 spiro atoms. The van der Waals surface area contributed by atoms with Gasteiger partial charge in [0.05, 0.1) is 0 Å². The molecule has 3 rings (SSSR count). The molecule has 2 aromatic rings. The van der Waals surface area contributed by atoms with E-state index in [9.17, 15) is 14.4 Å². The van der Waals surface area contributed by atoms with E-state index >= 15 is 0 Å². The van der Waals surface area contributed by atoms with Crippen LogP contribution in [0.25, 0.3) is 11.0 Å². The molecule has 1 aromatic carbocycles. The lowest BCUT2D eigenvalue weighted by Gasteiger charge is -2.15. The van der Waals surface area contributed by atoms with E-state index in [0.717, 1.165) is 43.2 Å². The summed E-state index contributed by atoms with van der Waals surface area (Å²) in [7, 11) is 0. The Bertz CT molecular complexity index is 950. The molecule has 29 heavy (non-hydrogen) atoms. The second-order valence-corrected chi connectivity index (χ2v) is 7.38. The van der Waals surface area contributed by atoms with Crippen molar-refractivity contribution in [1.29, 1.82) is 0 Å². The topological polar surface area (TPSA) is 88.8 Å². The molecule has 0 saturated carbocycles. The summed E-state index contributed by atoms with van der Waals surface area (Å²) in [4.78, 5) is 37.3. The number of rotatable bonds is 9. The zero-order valence-electron chi connectivity index (χ0n) is 17.1. The van der Waals surface area contributed by atoms with Crippen molar-refractivity contribution < 1.29 is 18.7 Å². The molecule has 1 saturated heterocycles. The lowest BCUT2D eigenvalue weighted by Crippen LogP contribution is -2.33. The van der Waals surface area contributed by atoms with Crippen LogP contribution in [-0.2, 0) is 16.0 Å². The van der Waals surface area contributed by atoms with Crippen molar-refractivity contribution in [3.63, 3.8) is 0 Å². The zero-order chi connectivity index (χ0) is 20.8. The van der Waals surface area contributed by atoms with Crippen molar-refractivity contribution >= 4 is 22.8 Å². The Balaban J connectivity index is 1.54. The van der Waals surface area contributed by atoms with E-state index in [-0.39, 0.29) is 24.0 Å². The van der Waals surface area contributed by atoms with Crippen LogP contribution in [0.4, 0.5) is 0 Å². The molecule has 7 heteroatoms. The normalized spacial score (nSPS) is 13.9. The van der Waals surface area contributed by atoms with Crippen molar-refractivity contribution in [3.8, 4) is 5.75 Å². The Labute approximate surface area is 170 Å². The molecule has 7 nitrogen and oxygen atoms in total. The van der Waals surface area contributed by atoms with Gasteiger partial charge in [-0.1, -0.05) is 13.3 Å². The minimum atomic E-state index is -0.379. The number of carbonyl (C=O) groups excluding carboxylic acids is 2. The van der Waals surface area contributed by atoms with Crippen molar-refractivity contribution in [3.05, 3.63) is 39.7 Å². The van der Waals surface area contributed by atoms with Gasteiger partial charge in [-0.3, -0.25) is 9.59 Å². The van der Waals surface area contributed by atoms with E-state index in [1.165, 1.54) is 6.07 Å². The Hall–Kier alpha value is -2.83. The highest BCUT2D eigenvalue weighted by molar-refractivity contribution is 5.85. The minimum absolute atomic E-state index is 0.117. The van der Waals surface area contributed by atoms with Gasteiger partial charge in [-0.2, -0.15) is 0 Å². The largest absolute Gasteiger partial charge is 0.483 e. The molecule has 0 aliphatic carbocycles. The van der Waals surface area contributed by atoms with Gasteiger partial charge in [0.2, 0.25) is 5.91 Å². The zero-order valence-corrected chi connectivity index (χ0v) is 17.1. The average Bonchev–Trinajstić information content (AvgIpc) is 3.10. The predicted octanol–water partition coefficient (Wildman–Crippen LogP) is 2.56. The Kier molecular flexibility index (Phi) is 6.90. The number of aryl methyl sites for hydroxylation is 2. The van der Waals surface area contributed by atoms with Gasteiger partial charge >= 0.3 is 5.63 Å². The van der Waals surface area contributed by atoms with E-state index in [1.807, 2.05) is 24.0 Å². The molecule has 1 fully saturated rings. The second kappa shape index (κ2) is 9.58. The first kappa shape index (κ1) is 20.9. The number of hydrogen-bond donors (Lipinski definition) is 1. The quantitative estimate of drug-likeness (QED) is 0.516. The summed E-state index contributed by atoms with van der Waals surface area (Å²) in [5.41, 5.74) is 1.80. The van der Waals surface area contributed by atoms with E-state index in [4.69, 9.17) is 9.15 Å². The van der Waals surface area contributed by atoms with Crippen LogP contribution < -0.4 is 15.7 Å². The van der Waals surface area contributed by atoms with E-state index in [0.29, 0.717) is 36.4 Å². The summed E-state index contributed by atoms with van der Waals surface area (Å²) in [6, 6.07) is 5.22. The van der Waals surface area contributed by atoms with E-state index in [1.54, 1.807) is 0 Å².